The Morgan fingerprint density at radius 2 is 1.14 bits per heavy atom. The lowest BCUT2D eigenvalue weighted by Crippen LogP contribution is -2.16. The van der Waals surface area contributed by atoms with E-state index in [9.17, 15) is 4.79 Å². The van der Waals surface area contributed by atoms with Gasteiger partial charge in [0.2, 0.25) is 0 Å². The van der Waals surface area contributed by atoms with E-state index >= 15 is 0 Å². The Labute approximate surface area is 244 Å². The van der Waals surface area contributed by atoms with Crippen molar-refractivity contribution in [2.45, 2.75) is 18.8 Å². The van der Waals surface area contributed by atoms with Crippen molar-refractivity contribution < 1.29 is 4.79 Å². The van der Waals surface area contributed by atoms with Gasteiger partial charge in [0.15, 0.2) is 5.78 Å². The van der Waals surface area contributed by atoms with E-state index < -0.39 is 0 Å². The molecular weight excluding hydrogens is 510 g/mol. The number of hydrogen-bond acceptors (Lipinski definition) is 1. The maximum Gasteiger partial charge on any atom is 0.170 e. The first-order valence-corrected chi connectivity index (χ1v) is 14.8. The molecule has 2 nitrogen and oxygen atoms in total. The molecule has 1 atom stereocenters. The van der Waals surface area contributed by atoms with Crippen molar-refractivity contribution in [3.63, 3.8) is 0 Å². The minimum atomic E-state index is -0.164. The van der Waals surface area contributed by atoms with Crippen LogP contribution < -0.4 is 0 Å². The Balaban J connectivity index is 1.55. The number of fused-ring (bicyclic) bond motifs is 10. The third kappa shape index (κ3) is 3.18. The van der Waals surface area contributed by atoms with Gasteiger partial charge >= 0.3 is 0 Å². The predicted molar refractivity (Wildman–Crippen MR) is 172 cm³/mol. The van der Waals surface area contributed by atoms with Crippen molar-refractivity contribution in [3.05, 3.63) is 150 Å². The van der Waals surface area contributed by atoms with Gasteiger partial charge in [0, 0.05) is 27.8 Å². The van der Waals surface area contributed by atoms with E-state index in [0.29, 0.717) is 0 Å². The van der Waals surface area contributed by atoms with E-state index in [1.165, 1.54) is 55.2 Å². The first-order valence-electron chi connectivity index (χ1n) is 14.8. The highest BCUT2D eigenvalue weighted by molar-refractivity contribution is 6.13. The summed E-state index contributed by atoms with van der Waals surface area (Å²) in [5, 5.41) is 2.48. The zero-order chi connectivity index (χ0) is 27.8. The fraction of sp³-hybridized carbons (Fsp3) is 0.0750. The fourth-order valence-electron chi connectivity index (χ4n) is 7.63. The third-order valence-corrected chi connectivity index (χ3v) is 9.39. The van der Waals surface area contributed by atoms with Crippen LogP contribution in [0.1, 0.15) is 33.8 Å². The van der Waals surface area contributed by atoms with E-state index in [1.807, 2.05) is 12.1 Å². The minimum Gasteiger partial charge on any atom is -0.309 e. The standard InChI is InChI=1S/C40H27NO/c42-40-32-19-7-5-15-27(32)34-24-37(41-35-20-10-8-16-28(35)29-17-9-11-21-36(29)41)38(25-12-2-1-3-13-25)39-30-18-6-4-14-26(30)33(40)23-22-31(34)39/h1-21,24,33H,22-23H2. The lowest BCUT2D eigenvalue weighted by molar-refractivity contribution is 0.0956. The van der Waals surface area contributed by atoms with Crippen molar-refractivity contribution in [3.8, 4) is 39.1 Å². The highest BCUT2D eigenvalue weighted by atomic mass is 16.1. The van der Waals surface area contributed by atoms with Gasteiger partial charge in [-0.15, -0.1) is 0 Å². The van der Waals surface area contributed by atoms with E-state index in [4.69, 9.17) is 0 Å². The largest absolute Gasteiger partial charge is 0.309 e. The summed E-state index contributed by atoms with van der Waals surface area (Å²) in [6, 6.07) is 47.5. The highest BCUT2D eigenvalue weighted by Gasteiger charge is 2.36. The van der Waals surface area contributed by atoms with E-state index in [2.05, 4.69) is 126 Å². The molecule has 0 radical (unpaired) electrons. The maximum atomic E-state index is 14.3. The lowest BCUT2D eigenvalue weighted by Gasteiger charge is -2.25. The Bertz CT molecular complexity index is 2170. The number of carbonyl (C=O) groups excluding carboxylic acids is 1. The number of rotatable bonds is 2. The molecule has 1 aromatic heterocycles. The zero-order valence-corrected chi connectivity index (χ0v) is 23.0. The van der Waals surface area contributed by atoms with Crippen LogP contribution in [-0.2, 0) is 6.42 Å². The molecule has 1 heterocycles. The Kier molecular flexibility index (Phi) is 4.97. The van der Waals surface area contributed by atoms with Gasteiger partial charge in [-0.2, -0.15) is 0 Å². The zero-order valence-electron chi connectivity index (χ0n) is 23.0. The van der Waals surface area contributed by atoms with Gasteiger partial charge < -0.3 is 4.57 Å². The molecule has 0 amide bonds. The molecule has 2 heteroatoms. The van der Waals surface area contributed by atoms with Gasteiger partial charge in [0.1, 0.15) is 0 Å². The van der Waals surface area contributed by atoms with E-state index in [-0.39, 0.29) is 11.7 Å². The molecule has 2 aliphatic carbocycles. The van der Waals surface area contributed by atoms with Gasteiger partial charge in [-0.25, -0.2) is 0 Å². The molecule has 0 N–H and O–H groups in total. The third-order valence-electron chi connectivity index (χ3n) is 9.39. The monoisotopic (exact) mass is 537 g/mol. The summed E-state index contributed by atoms with van der Waals surface area (Å²) >= 11 is 0. The minimum absolute atomic E-state index is 0.164. The van der Waals surface area contributed by atoms with Crippen LogP contribution in [-0.4, -0.2) is 10.4 Å². The molecule has 0 spiro atoms. The predicted octanol–water partition coefficient (Wildman–Crippen LogP) is 10.0. The first kappa shape index (κ1) is 23.5. The van der Waals surface area contributed by atoms with Crippen LogP contribution in [0.5, 0.6) is 0 Å². The fourth-order valence-corrected chi connectivity index (χ4v) is 7.63. The molecule has 0 fully saturated rings. The van der Waals surface area contributed by atoms with Crippen LogP contribution in [0.4, 0.5) is 0 Å². The summed E-state index contributed by atoms with van der Waals surface area (Å²) in [5.74, 6) is 0.0639. The first-order chi connectivity index (χ1) is 20.8. The number of hydrogen-bond donors (Lipinski definition) is 0. The molecule has 42 heavy (non-hydrogen) atoms. The van der Waals surface area contributed by atoms with Crippen molar-refractivity contribution in [2.75, 3.05) is 0 Å². The van der Waals surface area contributed by atoms with Gasteiger partial charge in [-0.1, -0.05) is 115 Å². The molecule has 2 aliphatic rings. The number of para-hydroxylation sites is 2. The van der Waals surface area contributed by atoms with Crippen molar-refractivity contribution in [1.82, 2.24) is 4.57 Å². The van der Waals surface area contributed by atoms with Gasteiger partial charge in [0.05, 0.1) is 16.7 Å². The van der Waals surface area contributed by atoms with Crippen molar-refractivity contribution >= 4 is 27.6 Å². The molecule has 0 saturated heterocycles. The number of carbonyl (C=O) groups is 1. The Morgan fingerprint density at radius 1 is 0.548 bits per heavy atom. The second-order valence-corrected chi connectivity index (χ2v) is 11.5. The SMILES string of the molecule is O=C1c2ccccc2-c2cc(-n3c4ccccc4c4ccccc43)c(-c3ccccc3)c3c2CCC1c1ccccc1-3. The molecule has 1 unspecified atom stereocenters. The van der Waals surface area contributed by atoms with Crippen LogP contribution in [0.15, 0.2) is 133 Å². The second kappa shape index (κ2) is 8.89. The molecule has 9 rings (SSSR count). The van der Waals surface area contributed by atoms with E-state index in [1.54, 1.807) is 0 Å². The maximum absolute atomic E-state index is 14.3. The van der Waals surface area contributed by atoms with Crippen molar-refractivity contribution in [1.29, 1.82) is 0 Å². The number of ketones is 1. The molecule has 2 bridgehead atoms. The highest BCUT2D eigenvalue weighted by Crippen LogP contribution is 2.52. The van der Waals surface area contributed by atoms with Crippen LogP contribution in [0.25, 0.3) is 60.9 Å². The number of Topliss-reactive ketones (excluding diaryl/α,β-unsaturated/α-hetero) is 1. The topological polar surface area (TPSA) is 22.0 Å². The normalized spacial score (nSPS) is 15.2. The quantitative estimate of drug-likeness (QED) is 0.215. The van der Waals surface area contributed by atoms with Gasteiger partial charge in [-0.3, -0.25) is 4.79 Å². The van der Waals surface area contributed by atoms with Crippen LogP contribution in [0, 0.1) is 0 Å². The van der Waals surface area contributed by atoms with Crippen LogP contribution in [0.3, 0.4) is 0 Å². The molecule has 0 aliphatic heterocycles. The number of benzene rings is 6. The molecule has 198 valence electrons. The van der Waals surface area contributed by atoms with Crippen LogP contribution >= 0.6 is 0 Å². The van der Waals surface area contributed by atoms with Gasteiger partial charge in [-0.05, 0) is 70.0 Å². The van der Waals surface area contributed by atoms with Gasteiger partial charge in [0.25, 0.3) is 0 Å². The summed E-state index contributed by atoms with van der Waals surface area (Å²) in [4.78, 5) is 14.3. The molecular formula is C40H27NO. The number of nitrogens with zero attached hydrogens (tertiary/aromatic N) is 1. The Morgan fingerprint density at radius 3 is 1.88 bits per heavy atom. The molecule has 6 aromatic carbocycles. The smallest absolute Gasteiger partial charge is 0.170 e. The second-order valence-electron chi connectivity index (χ2n) is 11.5. The molecule has 0 saturated carbocycles. The summed E-state index contributed by atoms with van der Waals surface area (Å²) < 4.78 is 2.45. The van der Waals surface area contributed by atoms with Crippen LogP contribution in [0.2, 0.25) is 0 Å². The summed E-state index contributed by atoms with van der Waals surface area (Å²) in [5.41, 5.74) is 13.9. The average molecular weight is 538 g/mol. The molecule has 7 aromatic rings. The average Bonchev–Trinajstić information content (AvgIpc) is 3.29. The lowest BCUT2D eigenvalue weighted by atomic mass is 9.80. The summed E-state index contributed by atoms with van der Waals surface area (Å²) in [6.07, 6.45) is 1.67. The van der Waals surface area contributed by atoms with Crippen molar-refractivity contribution in [2.24, 2.45) is 0 Å². The summed E-state index contributed by atoms with van der Waals surface area (Å²) in [6.45, 7) is 0. The van der Waals surface area contributed by atoms with E-state index in [0.717, 1.165) is 35.2 Å². The summed E-state index contributed by atoms with van der Waals surface area (Å²) in [7, 11) is 0. The number of aromatic nitrogens is 1. The Hall–Kier alpha value is -5.21.